The number of hydrogen-bond acceptors (Lipinski definition) is 6. The second-order valence-electron chi connectivity index (χ2n) is 7.51. The van der Waals surface area contributed by atoms with Crippen LogP contribution in [0.15, 0.2) is 58.5 Å². The van der Waals surface area contributed by atoms with Crippen LogP contribution < -0.4 is 16.0 Å². The number of halogens is 2. The molecule has 1 aromatic carbocycles. The smallest absolute Gasteiger partial charge is 0.328 e. The van der Waals surface area contributed by atoms with Gasteiger partial charge in [0, 0.05) is 19.2 Å². The van der Waals surface area contributed by atoms with Gasteiger partial charge in [0.1, 0.15) is 11.8 Å². The minimum absolute atomic E-state index is 0.0293. The molecule has 0 unspecified atom stereocenters. The second-order valence-corrected chi connectivity index (χ2v) is 9.27. The fourth-order valence-electron chi connectivity index (χ4n) is 3.08. The van der Waals surface area contributed by atoms with Gasteiger partial charge in [-0.25, -0.2) is 4.79 Å². The van der Waals surface area contributed by atoms with Crippen molar-refractivity contribution in [1.29, 1.82) is 0 Å². The normalized spacial score (nSPS) is 12.0. The van der Waals surface area contributed by atoms with Crippen LogP contribution in [0.25, 0.3) is 5.57 Å². The summed E-state index contributed by atoms with van der Waals surface area (Å²) in [6, 6.07) is 8.19. The van der Waals surface area contributed by atoms with Gasteiger partial charge in [0.05, 0.1) is 26.7 Å². The van der Waals surface area contributed by atoms with Crippen molar-refractivity contribution in [2.45, 2.75) is 19.5 Å². The lowest BCUT2D eigenvalue weighted by molar-refractivity contribution is -0.139. The van der Waals surface area contributed by atoms with E-state index in [1.807, 2.05) is 0 Å². The summed E-state index contributed by atoms with van der Waals surface area (Å²) in [5.41, 5.74) is 1.04. The summed E-state index contributed by atoms with van der Waals surface area (Å²) < 4.78 is 5.23. The van der Waals surface area contributed by atoms with Gasteiger partial charge in [-0.2, -0.15) is 0 Å². The van der Waals surface area contributed by atoms with E-state index < -0.39 is 23.8 Å². The van der Waals surface area contributed by atoms with E-state index in [0.717, 1.165) is 0 Å². The molecule has 0 spiro atoms. The van der Waals surface area contributed by atoms with Crippen LogP contribution in [-0.4, -0.2) is 41.4 Å². The number of rotatable bonds is 10. The van der Waals surface area contributed by atoms with E-state index in [4.69, 9.17) is 27.6 Å². The van der Waals surface area contributed by atoms with Crippen molar-refractivity contribution in [2.75, 3.05) is 6.54 Å². The Hall–Kier alpha value is -3.60. The van der Waals surface area contributed by atoms with Gasteiger partial charge >= 0.3 is 5.97 Å². The van der Waals surface area contributed by atoms with Crippen LogP contribution in [-0.2, 0) is 16.1 Å². The molecular formula is C24H21Cl2N3O6S. The summed E-state index contributed by atoms with van der Waals surface area (Å²) in [4.78, 5) is 49.0. The zero-order valence-electron chi connectivity index (χ0n) is 18.8. The molecule has 0 saturated heterocycles. The number of amides is 3. The molecule has 3 rings (SSSR count). The molecule has 0 radical (unpaired) electrons. The Morgan fingerprint density at radius 1 is 1.08 bits per heavy atom. The zero-order chi connectivity index (χ0) is 26.2. The Morgan fingerprint density at radius 3 is 2.39 bits per heavy atom. The summed E-state index contributed by atoms with van der Waals surface area (Å²) in [7, 11) is 0. The topological polar surface area (TPSA) is 138 Å². The molecule has 1 atom stereocenters. The summed E-state index contributed by atoms with van der Waals surface area (Å²) in [5.74, 6) is -2.43. The molecule has 4 N–H and O–H groups in total. The van der Waals surface area contributed by atoms with Crippen molar-refractivity contribution >= 4 is 63.8 Å². The Bertz CT molecular complexity index is 1270. The molecule has 0 bridgehead atoms. The molecular weight excluding hydrogens is 529 g/mol. The molecule has 12 heteroatoms. The highest BCUT2D eigenvalue weighted by Crippen LogP contribution is 2.27. The first-order valence-corrected chi connectivity index (χ1v) is 12.1. The molecule has 0 saturated carbocycles. The number of allylic oxidation sites excluding steroid dienone is 1. The van der Waals surface area contributed by atoms with Crippen LogP contribution in [0.5, 0.6) is 0 Å². The third-order valence-electron chi connectivity index (χ3n) is 4.87. The largest absolute Gasteiger partial charge is 0.480 e. The van der Waals surface area contributed by atoms with E-state index in [0.29, 0.717) is 21.8 Å². The number of furan rings is 1. The van der Waals surface area contributed by atoms with E-state index in [1.54, 1.807) is 36.6 Å². The van der Waals surface area contributed by atoms with Crippen LogP contribution in [0.4, 0.5) is 0 Å². The maximum atomic E-state index is 12.7. The molecule has 0 aliphatic rings. The van der Waals surface area contributed by atoms with Crippen LogP contribution in [0.3, 0.4) is 0 Å². The van der Waals surface area contributed by atoms with Gasteiger partial charge in [-0.05, 0) is 53.8 Å². The fourth-order valence-corrected chi connectivity index (χ4v) is 4.42. The predicted molar refractivity (Wildman–Crippen MR) is 136 cm³/mol. The maximum Gasteiger partial charge on any atom is 0.328 e. The highest BCUT2D eigenvalue weighted by molar-refractivity contribution is 7.12. The molecule has 2 aromatic heterocycles. The SMILES string of the molecule is CC(=CC(=O)NCc1cc(Cl)c(C(=O)N[C@@H](CNC(=O)c2cccs2)C(=O)O)c(Cl)c1)c1ccco1. The standard InChI is InChI=1S/C24H21Cl2N3O6S/c1-13(18-4-2-6-35-18)8-20(30)27-11-14-9-15(25)21(16(26)10-14)23(32)29-17(24(33)34)12-28-22(31)19-5-3-7-36-19/h2-10,17H,11-12H2,1H3,(H,27,30)(H,28,31)(H,29,32)(H,33,34)/t17-/m0/s1. The number of aliphatic carboxylic acids is 1. The molecule has 36 heavy (non-hydrogen) atoms. The Balaban J connectivity index is 1.62. The average molecular weight is 550 g/mol. The van der Waals surface area contributed by atoms with Gasteiger partial charge in [0.2, 0.25) is 5.91 Å². The van der Waals surface area contributed by atoms with E-state index in [9.17, 15) is 24.3 Å². The first-order chi connectivity index (χ1) is 17.2. The fraction of sp³-hybridized carbons (Fsp3) is 0.167. The van der Waals surface area contributed by atoms with Gasteiger partial charge < -0.3 is 25.5 Å². The van der Waals surface area contributed by atoms with Gasteiger partial charge in [-0.15, -0.1) is 11.3 Å². The van der Waals surface area contributed by atoms with Crippen molar-refractivity contribution in [1.82, 2.24) is 16.0 Å². The monoisotopic (exact) mass is 549 g/mol. The number of hydrogen-bond donors (Lipinski definition) is 4. The first kappa shape index (κ1) is 27.0. The summed E-state index contributed by atoms with van der Waals surface area (Å²) in [6.07, 6.45) is 2.89. The van der Waals surface area contributed by atoms with Gasteiger partial charge in [-0.3, -0.25) is 14.4 Å². The van der Waals surface area contributed by atoms with Crippen molar-refractivity contribution < 1.29 is 28.7 Å². The van der Waals surface area contributed by atoms with Gasteiger partial charge in [-0.1, -0.05) is 29.3 Å². The molecule has 3 amide bonds. The van der Waals surface area contributed by atoms with E-state index in [2.05, 4.69) is 16.0 Å². The van der Waals surface area contributed by atoms with Crippen LogP contribution in [0.1, 0.15) is 38.3 Å². The van der Waals surface area contributed by atoms with Gasteiger partial charge in [0.15, 0.2) is 0 Å². The Labute approximate surface area is 220 Å². The van der Waals surface area contributed by atoms with Crippen LogP contribution in [0, 0.1) is 0 Å². The quantitative estimate of drug-likeness (QED) is 0.282. The van der Waals surface area contributed by atoms with Crippen molar-refractivity contribution in [3.05, 3.63) is 85.9 Å². The summed E-state index contributed by atoms with van der Waals surface area (Å²) in [6.45, 7) is 1.47. The molecule has 0 fully saturated rings. The minimum Gasteiger partial charge on any atom is -0.480 e. The Morgan fingerprint density at radius 2 is 1.81 bits per heavy atom. The van der Waals surface area contributed by atoms with Crippen LogP contribution in [0.2, 0.25) is 10.0 Å². The summed E-state index contributed by atoms with van der Waals surface area (Å²) in [5, 5.41) is 18.6. The number of carboxylic acids is 1. The number of benzene rings is 1. The highest BCUT2D eigenvalue weighted by Gasteiger charge is 2.25. The second kappa shape index (κ2) is 12.4. The van der Waals surface area contributed by atoms with Crippen molar-refractivity contribution in [2.24, 2.45) is 0 Å². The molecule has 2 heterocycles. The molecule has 9 nitrogen and oxygen atoms in total. The predicted octanol–water partition coefficient (Wildman–Crippen LogP) is 3.98. The lowest BCUT2D eigenvalue weighted by Gasteiger charge is -2.17. The molecule has 0 aliphatic carbocycles. The molecule has 188 valence electrons. The van der Waals surface area contributed by atoms with E-state index >= 15 is 0 Å². The average Bonchev–Trinajstić information content (AvgIpc) is 3.54. The van der Waals surface area contributed by atoms with E-state index in [-0.39, 0.29) is 34.6 Å². The lowest BCUT2D eigenvalue weighted by atomic mass is 10.1. The number of carbonyl (C=O) groups excluding carboxylic acids is 3. The first-order valence-electron chi connectivity index (χ1n) is 10.5. The number of carboxylic acid groups (broad SMARTS) is 1. The third-order valence-corrected chi connectivity index (χ3v) is 6.33. The molecule has 3 aromatic rings. The Kier molecular flexibility index (Phi) is 9.29. The number of nitrogens with one attached hydrogen (secondary N) is 3. The highest BCUT2D eigenvalue weighted by atomic mass is 35.5. The van der Waals surface area contributed by atoms with Crippen molar-refractivity contribution in [3.8, 4) is 0 Å². The van der Waals surface area contributed by atoms with Crippen LogP contribution >= 0.6 is 34.5 Å². The minimum atomic E-state index is -1.42. The maximum absolute atomic E-state index is 12.7. The lowest BCUT2D eigenvalue weighted by Crippen LogP contribution is -2.48. The number of thiophene rings is 1. The van der Waals surface area contributed by atoms with Crippen molar-refractivity contribution in [3.63, 3.8) is 0 Å². The number of carbonyl (C=O) groups is 4. The van der Waals surface area contributed by atoms with E-state index in [1.165, 1.54) is 35.8 Å². The summed E-state index contributed by atoms with van der Waals surface area (Å²) >= 11 is 13.7. The third kappa shape index (κ3) is 7.20. The van der Waals surface area contributed by atoms with Gasteiger partial charge in [0.25, 0.3) is 11.8 Å². The molecule has 0 aliphatic heterocycles. The zero-order valence-corrected chi connectivity index (χ0v) is 21.2.